The van der Waals surface area contributed by atoms with Gasteiger partial charge in [-0.25, -0.2) is 4.79 Å². The molecule has 3 aromatic carbocycles. The Labute approximate surface area is 199 Å². The third-order valence-corrected chi connectivity index (χ3v) is 6.50. The molecule has 0 unspecified atom stereocenters. The monoisotopic (exact) mass is 476 g/mol. The van der Waals surface area contributed by atoms with Crippen LogP contribution in [0.5, 0.6) is 5.75 Å². The number of carbonyl (C=O) groups is 2. The summed E-state index contributed by atoms with van der Waals surface area (Å²) in [7, 11) is 1.56. The maximum absolute atomic E-state index is 13.7. The summed E-state index contributed by atoms with van der Waals surface area (Å²) in [6, 6.07) is 19.5. The molecule has 4 aromatic rings. The van der Waals surface area contributed by atoms with Crippen LogP contribution < -0.4 is 4.74 Å². The predicted octanol–water partition coefficient (Wildman–Crippen LogP) is 5.39. The number of carboxylic acid groups (broad SMARTS) is 1. The van der Waals surface area contributed by atoms with Gasteiger partial charge in [0.15, 0.2) is 5.78 Å². The van der Waals surface area contributed by atoms with Crippen molar-refractivity contribution in [3.63, 3.8) is 0 Å². The molecule has 0 saturated heterocycles. The summed E-state index contributed by atoms with van der Waals surface area (Å²) in [5.41, 5.74) is 3.03. The number of fused-ring (bicyclic) bond motifs is 1. The second kappa shape index (κ2) is 9.97. The normalized spacial score (nSPS) is 11.8. The van der Waals surface area contributed by atoms with E-state index in [1.807, 2.05) is 30.5 Å². The summed E-state index contributed by atoms with van der Waals surface area (Å²) >= 11 is 2.63. The van der Waals surface area contributed by atoms with Crippen LogP contribution in [0.3, 0.4) is 0 Å². The largest absolute Gasteiger partial charge is 0.497 e. The first kappa shape index (κ1) is 22.7. The van der Waals surface area contributed by atoms with E-state index >= 15 is 0 Å². The van der Waals surface area contributed by atoms with Crippen molar-refractivity contribution >= 4 is 51.8 Å². The number of rotatable bonds is 8. The van der Waals surface area contributed by atoms with E-state index in [4.69, 9.17) is 4.74 Å². The zero-order chi connectivity index (χ0) is 23.4. The van der Waals surface area contributed by atoms with Gasteiger partial charge < -0.3 is 9.84 Å². The van der Waals surface area contributed by atoms with Crippen LogP contribution in [-0.2, 0) is 11.2 Å². The van der Waals surface area contributed by atoms with Gasteiger partial charge in [0.25, 0.3) is 0 Å². The first-order valence-corrected chi connectivity index (χ1v) is 12.0. The second-order valence-corrected chi connectivity index (χ2v) is 8.62. The molecule has 166 valence electrons. The van der Waals surface area contributed by atoms with Gasteiger partial charge in [-0.1, -0.05) is 18.2 Å². The third kappa shape index (κ3) is 4.97. The standard InChI is InChI=1S/C25H20N2O4S2/c1-31-18-5-3-4-15(12-18)13-20(24(28)16-6-9-19(32-2)10-7-16)23(25(29)30)17-8-11-21-22(14-17)27-33-26-21/h3-12,14H,13H2,1-2H3,(H,29,30). The van der Waals surface area contributed by atoms with Crippen LogP contribution in [0.2, 0.25) is 0 Å². The van der Waals surface area contributed by atoms with E-state index in [0.29, 0.717) is 27.9 Å². The molecule has 33 heavy (non-hydrogen) atoms. The minimum atomic E-state index is -1.18. The van der Waals surface area contributed by atoms with E-state index in [9.17, 15) is 14.7 Å². The van der Waals surface area contributed by atoms with Gasteiger partial charge in [-0.3, -0.25) is 4.79 Å². The lowest BCUT2D eigenvalue weighted by molar-refractivity contribution is -0.130. The molecule has 0 spiro atoms. The lowest BCUT2D eigenvalue weighted by Crippen LogP contribution is -2.14. The van der Waals surface area contributed by atoms with Crippen LogP contribution in [0.4, 0.5) is 0 Å². The van der Waals surface area contributed by atoms with Gasteiger partial charge in [0, 0.05) is 22.5 Å². The van der Waals surface area contributed by atoms with Gasteiger partial charge >= 0.3 is 5.97 Å². The Hall–Kier alpha value is -3.49. The molecule has 8 heteroatoms. The number of carbonyl (C=O) groups excluding carboxylic acids is 1. The van der Waals surface area contributed by atoms with Gasteiger partial charge in [0.2, 0.25) is 0 Å². The van der Waals surface area contributed by atoms with E-state index in [2.05, 4.69) is 8.75 Å². The summed E-state index contributed by atoms with van der Waals surface area (Å²) in [5.74, 6) is -0.876. The highest BCUT2D eigenvalue weighted by Gasteiger charge is 2.24. The lowest BCUT2D eigenvalue weighted by Gasteiger charge is -2.14. The summed E-state index contributed by atoms with van der Waals surface area (Å²) in [6.45, 7) is 0. The van der Waals surface area contributed by atoms with E-state index in [0.717, 1.165) is 22.2 Å². The van der Waals surface area contributed by atoms with Crippen LogP contribution in [0, 0.1) is 0 Å². The molecule has 1 heterocycles. The molecule has 0 aliphatic carbocycles. The van der Waals surface area contributed by atoms with Gasteiger partial charge in [0.05, 0.1) is 24.4 Å². The fourth-order valence-electron chi connectivity index (χ4n) is 3.55. The smallest absolute Gasteiger partial charge is 0.336 e. The molecule has 0 amide bonds. The number of aliphatic carboxylic acids is 1. The highest BCUT2D eigenvalue weighted by molar-refractivity contribution is 7.98. The fraction of sp³-hybridized carbons (Fsp3) is 0.120. The Morgan fingerprint density at radius 2 is 1.70 bits per heavy atom. The van der Waals surface area contributed by atoms with Crippen LogP contribution >= 0.6 is 23.5 Å². The van der Waals surface area contributed by atoms with E-state index in [-0.39, 0.29) is 23.4 Å². The maximum Gasteiger partial charge on any atom is 0.336 e. The van der Waals surface area contributed by atoms with Crippen LogP contribution in [0.15, 0.2) is 77.2 Å². The van der Waals surface area contributed by atoms with Crippen LogP contribution in [-0.4, -0.2) is 39.0 Å². The number of methoxy groups -OCH3 is 1. The highest BCUT2D eigenvalue weighted by atomic mass is 32.2. The summed E-state index contributed by atoms with van der Waals surface area (Å²) < 4.78 is 13.7. The molecule has 0 aliphatic rings. The van der Waals surface area contributed by atoms with Crippen molar-refractivity contribution in [3.8, 4) is 5.75 Å². The number of ketones is 1. The average molecular weight is 477 g/mol. The lowest BCUT2D eigenvalue weighted by atomic mass is 9.89. The summed E-state index contributed by atoms with van der Waals surface area (Å²) in [6.07, 6.45) is 2.09. The molecule has 0 radical (unpaired) electrons. The van der Waals surface area contributed by atoms with E-state index in [1.54, 1.807) is 61.3 Å². The second-order valence-electron chi connectivity index (χ2n) is 7.21. The topological polar surface area (TPSA) is 89.4 Å². The third-order valence-electron chi connectivity index (χ3n) is 5.20. The first-order valence-electron chi connectivity index (χ1n) is 10.0. The fourth-order valence-corrected chi connectivity index (χ4v) is 4.48. The summed E-state index contributed by atoms with van der Waals surface area (Å²) in [5, 5.41) is 10.2. The van der Waals surface area contributed by atoms with Gasteiger partial charge in [-0.2, -0.15) is 8.75 Å². The van der Waals surface area contributed by atoms with E-state index in [1.165, 1.54) is 0 Å². The Balaban J connectivity index is 1.89. The summed E-state index contributed by atoms with van der Waals surface area (Å²) in [4.78, 5) is 27.2. The Morgan fingerprint density at radius 1 is 0.970 bits per heavy atom. The predicted molar refractivity (Wildman–Crippen MR) is 131 cm³/mol. The molecule has 0 bridgehead atoms. The zero-order valence-electron chi connectivity index (χ0n) is 17.9. The van der Waals surface area contributed by atoms with Gasteiger partial charge in [0.1, 0.15) is 16.8 Å². The number of carboxylic acids is 1. The Bertz CT molecular complexity index is 1360. The van der Waals surface area contributed by atoms with Crippen molar-refractivity contribution in [2.45, 2.75) is 11.3 Å². The quantitative estimate of drug-likeness (QED) is 0.207. The van der Waals surface area contributed by atoms with Gasteiger partial charge in [-0.05, 0) is 65.9 Å². The maximum atomic E-state index is 13.7. The average Bonchev–Trinajstić information content (AvgIpc) is 3.31. The minimum absolute atomic E-state index is 0.0494. The zero-order valence-corrected chi connectivity index (χ0v) is 19.6. The number of aromatic nitrogens is 2. The highest BCUT2D eigenvalue weighted by Crippen LogP contribution is 2.29. The molecular weight excluding hydrogens is 456 g/mol. The number of benzene rings is 3. The Kier molecular flexibility index (Phi) is 6.86. The van der Waals surface area contributed by atoms with E-state index < -0.39 is 5.97 Å². The van der Waals surface area contributed by atoms with Crippen molar-refractivity contribution in [1.29, 1.82) is 0 Å². The Morgan fingerprint density at radius 3 is 2.39 bits per heavy atom. The van der Waals surface area contributed by atoms with Crippen LogP contribution in [0.1, 0.15) is 21.5 Å². The number of ether oxygens (including phenoxy) is 1. The number of allylic oxidation sites excluding steroid dienone is 1. The number of nitrogens with zero attached hydrogens (tertiary/aromatic N) is 2. The van der Waals surface area contributed by atoms with Crippen molar-refractivity contribution < 1.29 is 19.4 Å². The number of hydrogen-bond donors (Lipinski definition) is 1. The number of Topliss-reactive ketones (excluding diaryl/α,β-unsaturated/α-hetero) is 1. The molecule has 0 atom stereocenters. The molecule has 6 nitrogen and oxygen atoms in total. The molecule has 0 saturated carbocycles. The number of thioether (sulfide) groups is 1. The minimum Gasteiger partial charge on any atom is -0.497 e. The molecule has 1 aromatic heterocycles. The first-order chi connectivity index (χ1) is 16.0. The van der Waals surface area contributed by atoms with Crippen molar-refractivity contribution in [2.75, 3.05) is 13.4 Å². The molecule has 4 rings (SSSR count). The molecular formula is C25H20N2O4S2. The number of hydrogen-bond acceptors (Lipinski definition) is 7. The van der Waals surface area contributed by atoms with Crippen LogP contribution in [0.25, 0.3) is 16.6 Å². The molecule has 1 N–H and O–H groups in total. The van der Waals surface area contributed by atoms with Crippen molar-refractivity contribution in [2.24, 2.45) is 0 Å². The van der Waals surface area contributed by atoms with Crippen molar-refractivity contribution in [3.05, 3.63) is 89.0 Å². The SMILES string of the molecule is COc1cccc(CC(C(=O)c2ccc(SC)cc2)=C(C(=O)O)c2ccc3nsnc3c2)c1. The van der Waals surface area contributed by atoms with Crippen molar-refractivity contribution in [1.82, 2.24) is 8.75 Å². The molecule has 0 fully saturated rings. The molecule has 0 aliphatic heterocycles. The van der Waals surface area contributed by atoms with Gasteiger partial charge in [-0.15, -0.1) is 11.8 Å².